The van der Waals surface area contributed by atoms with Gasteiger partial charge in [-0.15, -0.1) is 0 Å². The summed E-state index contributed by atoms with van der Waals surface area (Å²) in [6.45, 7) is 7.60. The van der Waals surface area contributed by atoms with Crippen molar-refractivity contribution >= 4 is 12.0 Å². The molecule has 1 fully saturated rings. The van der Waals surface area contributed by atoms with Crippen LogP contribution in [0.2, 0.25) is 0 Å². The summed E-state index contributed by atoms with van der Waals surface area (Å²) in [5.74, 6) is -0.327. The van der Waals surface area contributed by atoms with Crippen LogP contribution in [0.3, 0.4) is 0 Å². The van der Waals surface area contributed by atoms with Crippen LogP contribution in [0.5, 0.6) is 0 Å². The number of carbonyl (C=O) groups is 1. The Labute approximate surface area is 125 Å². The molecular formula is C17H22O4. The molecule has 0 aromatic heterocycles. The predicted molar refractivity (Wildman–Crippen MR) is 81.0 cm³/mol. The fourth-order valence-electron chi connectivity index (χ4n) is 2.13. The Morgan fingerprint density at radius 3 is 2.95 bits per heavy atom. The third-order valence-electron chi connectivity index (χ3n) is 3.40. The zero-order valence-corrected chi connectivity index (χ0v) is 12.8. The molecule has 2 rings (SSSR count). The Balaban J connectivity index is 2.12. The number of benzene rings is 1. The summed E-state index contributed by atoms with van der Waals surface area (Å²) < 4.78 is 15.9. The number of carbonyl (C=O) groups excluding carboxylic acids is 1. The molecule has 1 saturated heterocycles. The van der Waals surface area contributed by atoms with Gasteiger partial charge in [-0.2, -0.15) is 0 Å². The Kier molecular flexibility index (Phi) is 5.53. The van der Waals surface area contributed by atoms with Crippen molar-refractivity contribution in [2.45, 2.75) is 33.0 Å². The third kappa shape index (κ3) is 4.69. The quantitative estimate of drug-likeness (QED) is 0.440. The number of ether oxygens (including phenoxy) is 3. The number of epoxide rings is 1. The third-order valence-corrected chi connectivity index (χ3v) is 3.40. The van der Waals surface area contributed by atoms with Crippen LogP contribution in [0.25, 0.3) is 6.08 Å². The topological polar surface area (TPSA) is 48.1 Å². The molecule has 0 bridgehead atoms. The number of esters is 1. The van der Waals surface area contributed by atoms with Crippen molar-refractivity contribution in [1.82, 2.24) is 0 Å². The van der Waals surface area contributed by atoms with Crippen molar-refractivity contribution in [3.63, 3.8) is 0 Å². The first-order valence-electron chi connectivity index (χ1n) is 7.29. The lowest BCUT2D eigenvalue weighted by Gasteiger charge is -2.17. The number of aryl methyl sites for hydroxylation is 1. The van der Waals surface area contributed by atoms with Crippen LogP contribution in [0.1, 0.15) is 36.6 Å². The van der Waals surface area contributed by atoms with E-state index < -0.39 is 0 Å². The average Bonchev–Trinajstić information content (AvgIpc) is 3.27. The molecule has 0 amide bonds. The lowest BCUT2D eigenvalue weighted by Crippen LogP contribution is -2.08. The maximum atomic E-state index is 11.5. The minimum Gasteiger partial charge on any atom is -0.463 e. The normalized spacial score (nSPS) is 18.7. The molecule has 1 aromatic rings. The summed E-state index contributed by atoms with van der Waals surface area (Å²) in [6.07, 6.45) is 3.47. The van der Waals surface area contributed by atoms with Crippen molar-refractivity contribution in [1.29, 1.82) is 0 Å². The Bertz CT molecular complexity index is 518. The van der Waals surface area contributed by atoms with Gasteiger partial charge >= 0.3 is 5.97 Å². The van der Waals surface area contributed by atoms with Gasteiger partial charge in [0.1, 0.15) is 6.10 Å². The van der Waals surface area contributed by atoms with Gasteiger partial charge in [-0.05, 0) is 43.5 Å². The van der Waals surface area contributed by atoms with E-state index >= 15 is 0 Å². The lowest BCUT2D eigenvalue weighted by molar-refractivity contribution is -0.137. The number of hydrogen-bond donors (Lipinski definition) is 0. The molecule has 0 N–H and O–H groups in total. The summed E-state index contributed by atoms with van der Waals surface area (Å²) in [6, 6.07) is 6.04. The van der Waals surface area contributed by atoms with E-state index in [0.717, 1.165) is 23.3 Å². The molecule has 4 nitrogen and oxygen atoms in total. The van der Waals surface area contributed by atoms with Gasteiger partial charge < -0.3 is 14.2 Å². The average molecular weight is 290 g/mol. The molecule has 21 heavy (non-hydrogen) atoms. The number of rotatable bonds is 7. The van der Waals surface area contributed by atoms with E-state index in [-0.39, 0.29) is 18.2 Å². The molecule has 1 heterocycles. The van der Waals surface area contributed by atoms with Crippen molar-refractivity contribution < 1.29 is 19.0 Å². The van der Waals surface area contributed by atoms with Crippen LogP contribution in [0, 0.1) is 6.92 Å². The fraction of sp³-hybridized carbons (Fsp3) is 0.471. The van der Waals surface area contributed by atoms with E-state index in [0.29, 0.717) is 13.2 Å². The second-order valence-corrected chi connectivity index (χ2v) is 5.09. The highest BCUT2D eigenvalue weighted by atomic mass is 16.6. The first-order valence-corrected chi connectivity index (χ1v) is 7.29. The smallest absolute Gasteiger partial charge is 0.330 e. The SMILES string of the molecule is CCOC(=O)C=Cc1c(C)cccc1[C@@H](C)OC[C@H]1CO1. The first-order chi connectivity index (χ1) is 10.1. The minimum absolute atomic E-state index is 0.0454. The number of hydrogen-bond acceptors (Lipinski definition) is 4. The van der Waals surface area contributed by atoms with Gasteiger partial charge in [0.25, 0.3) is 0 Å². The Morgan fingerprint density at radius 1 is 1.52 bits per heavy atom. The highest BCUT2D eigenvalue weighted by molar-refractivity contribution is 5.87. The first kappa shape index (κ1) is 15.7. The second kappa shape index (κ2) is 7.38. The van der Waals surface area contributed by atoms with E-state index in [1.54, 1.807) is 13.0 Å². The molecule has 0 spiro atoms. The lowest BCUT2D eigenvalue weighted by atomic mass is 9.98. The van der Waals surface area contributed by atoms with Gasteiger partial charge in [0.2, 0.25) is 0 Å². The van der Waals surface area contributed by atoms with Crippen LogP contribution >= 0.6 is 0 Å². The molecule has 1 aliphatic heterocycles. The van der Waals surface area contributed by atoms with Crippen LogP contribution in [-0.2, 0) is 19.0 Å². The zero-order chi connectivity index (χ0) is 15.2. The van der Waals surface area contributed by atoms with Crippen LogP contribution < -0.4 is 0 Å². The molecule has 4 heteroatoms. The fourth-order valence-corrected chi connectivity index (χ4v) is 2.13. The minimum atomic E-state index is -0.327. The summed E-state index contributed by atoms with van der Waals surface area (Å²) in [5, 5.41) is 0. The van der Waals surface area contributed by atoms with Gasteiger partial charge in [0.05, 0.1) is 25.9 Å². The van der Waals surface area contributed by atoms with Crippen molar-refractivity contribution in [2.24, 2.45) is 0 Å². The van der Waals surface area contributed by atoms with Crippen LogP contribution in [-0.4, -0.2) is 31.9 Å². The molecule has 2 atom stereocenters. The van der Waals surface area contributed by atoms with Gasteiger partial charge in [-0.1, -0.05) is 18.2 Å². The predicted octanol–water partition coefficient (Wildman–Crippen LogP) is 3.05. The van der Waals surface area contributed by atoms with Gasteiger partial charge in [0, 0.05) is 6.08 Å². The van der Waals surface area contributed by atoms with Crippen LogP contribution in [0.15, 0.2) is 24.3 Å². The summed E-state index contributed by atoms with van der Waals surface area (Å²) in [7, 11) is 0. The van der Waals surface area contributed by atoms with E-state index in [4.69, 9.17) is 14.2 Å². The second-order valence-electron chi connectivity index (χ2n) is 5.09. The Morgan fingerprint density at radius 2 is 2.29 bits per heavy atom. The largest absolute Gasteiger partial charge is 0.463 e. The van der Waals surface area contributed by atoms with E-state index in [2.05, 4.69) is 0 Å². The molecule has 1 aliphatic rings. The molecule has 1 aromatic carbocycles. The molecule has 0 saturated carbocycles. The highest BCUT2D eigenvalue weighted by Gasteiger charge is 2.24. The maximum absolute atomic E-state index is 11.5. The van der Waals surface area contributed by atoms with Gasteiger partial charge in [0.15, 0.2) is 0 Å². The highest BCUT2D eigenvalue weighted by Crippen LogP contribution is 2.26. The van der Waals surface area contributed by atoms with Crippen LogP contribution in [0.4, 0.5) is 0 Å². The zero-order valence-electron chi connectivity index (χ0n) is 12.8. The summed E-state index contributed by atoms with van der Waals surface area (Å²) in [4.78, 5) is 11.5. The van der Waals surface area contributed by atoms with E-state index in [1.807, 2.05) is 32.0 Å². The molecule has 114 valence electrons. The molecule has 0 radical (unpaired) electrons. The summed E-state index contributed by atoms with van der Waals surface area (Å²) in [5.41, 5.74) is 3.18. The van der Waals surface area contributed by atoms with E-state index in [9.17, 15) is 4.79 Å². The monoisotopic (exact) mass is 290 g/mol. The Hall–Kier alpha value is -1.65. The molecular weight excluding hydrogens is 268 g/mol. The molecule has 0 unspecified atom stereocenters. The van der Waals surface area contributed by atoms with Gasteiger partial charge in [-0.3, -0.25) is 0 Å². The van der Waals surface area contributed by atoms with Crippen molar-refractivity contribution in [2.75, 3.05) is 19.8 Å². The van der Waals surface area contributed by atoms with Crippen molar-refractivity contribution in [3.8, 4) is 0 Å². The summed E-state index contributed by atoms with van der Waals surface area (Å²) >= 11 is 0. The van der Waals surface area contributed by atoms with Crippen molar-refractivity contribution in [3.05, 3.63) is 41.0 Å². The standard InChI is InChI=1S/C17H22O4/c1-4-19-17(18)9-8-15-12(2)6-5-7-16(15)13(3)20-10-14-11-21-14/h5-9,13-14H,4,10-11H2,1-3H3/t13-,14+/m1/s1. The van der Waals surface area contributed by atoms with E-state index in [1.165, 1.54) is 6.08 Å². The maximum Gasteiger partial charge on any atom is 0.330 e. The van der Waals surface area contributed by atoms with Gasteiger partial charge in [-0.25, -0.2) is 4.79 Å². The molecule has 0 aliphatic carbocycles.